The fourth-order valence-corrected chi connectivity index (χ4v) is 2.88. The van der Waals surface area contributed by atoms with Gasteiger partial charge in [0.2, 0.25) is 5.89 Å². The molecule has 4 heteroatoms. The number of ether oxygens (including phenoxy) is 1. The standard InChI is InChI=1S/C17H22N2O2/c1-10-5-6-14(19-16-7-12(3)21-13(16)4)8-15(10)17-18-11(2)9-20-17/h5-6,8-9,12-13,16,19H,7H2,1-4H3. The Morgan fingerprint density at radius 1 is 1.24 bits per heavy atom. The van der Waals surface area contributed by atoms with E-state index < -0.39 is 0 Å². The first kappa shape index (κ1) is 14.1. The summed E-state index contributed by atoms with van der Waals surface area (Å²) in [5, 5.41) is 3.57. The average molecular weight is 286 g/mol. The van der Waals surface area contributed by atoms with Gasteiger partial charge in [-0.3, -0.25) is 0 Å². The van der Waals surface area contributed by atoms with E-state index in [1.165, 1.54) is 0 Å². The third-order valence-electron chi connectivity index (χ3n) is 4.04. The highest BCUT2D eigenvalue weighted by Gasteiger charge is 2.29. The zero-order chi connectivity index (χ0) is 15.0. The summed E-state index contributed by atoms with van der Waals surface area (Å²) < 4.78 is 11.3. The molecule has 2 heterocycles. The van der Waals surface area contributed by atoms with Crippen LogP contribution in [0.2, 0.25) is 0 Å². The maximum absolute atomic E-state index is 5.79. The van der Waals surface area contributed by atoms with Crippen LogP contribution in [0.3, 0.4) is 0 Å². The quantitative estimate of drug-likeness (QED) is 0.928. The molecule has 112 valence electrons. The Bertz CT molecular complexity index is 635. The Kier molecular flexibility index (Phi) is 3.72. The molecule has 1 N–H and O–H groups in total. The van der Waals surface area contributed by atoms with Crippen molar-refractivity contribution in [3.63, 3.8) is 0 Å². The van der Waals surface area contributed by atoms with Crippen molar-refractivity contribution in [2.24, 2.45) is 0 Å². The summed E-state index contributed by atoms with van der Waals surface area (Å²) >= 11 is 0. The number of aryl methyl sites for hydroxylation is 2. The molecule has 21 heavy (non-hydrogen) atoms. The molecule has 1 aliphatic heterocycles. The average Bonchev–Trinajstić information content (AvgIpc) is 2.98. The van der Waals surface area contributed by atoms with E-state index >= 15 is 0 Å². The van der Waals surface area contributed by atoms with E-state index in [9.17, 15) is 0 Å². The molecular weight excluding hydrogens is 264 g/mol. The fourth-order valence-electron chi connectivity index (χ4n) is 2.88. The van der Waals surface area contributed by atoms with Crippen LogP contribution < -0.4 is 5.32 Å². The molecule has 3 atom stereocenters. The number of anilines is 1. The van der Waals surface area contributed by atoms with Crippen LogP contribution in [0.15, 0.2) is 28.9 Å². The number of hydrogen-bond donors (Lipinski definition) is 1. The number of oxazole rings is 1. The van der Waals surface area contributed by atoms with Gasteiger partial charge < -0.3 is 14.5 Å². The third kappa shape index (κ3) is 2.95. The fraction of sp³-hybridized carbons (Fsp3) is 0.471. The molecule has 0 amide bonds. The van der Waals surface area contributed by atoms with Gasteiger partial charge in [0.05, 0.1) is 23.9 Å². The van der Waals surface area contributed by atoms with Gasteiger partial charge in [0, 0.05) is 11.3 Å². The second-order valence-electron chi connectivity index (χ2n) is 5.96. The lowest BCUT2D eigenvalue weighted by atomic mass is 10.1. The predicted octanol–water partition coefficient (Wildman–Crippen LogP) is 3.94. The van der Waals surface area contributed by atoms with E-state index in [-0.39, 0.29) is 6.10 Å². The molecule has 0 aliphatic carbocycles. The number of aromatic nitrogens is 1. The number of benzene rings is 1. The van der Waals surface area contributed by atoms with E-state index in [0.29, 0.717) is 18.0 Å². The van der Waals surface area contributed by atoms with E-state index in [0.717, 1.165) is 28.9 Å². The van der Waals surface area contributed by atoms with Crippen LogP contribution in [-0.2, 0) is 4.74 Å². The topological polar surface area (TPSA) is 47.3 Å². The van der Waals surface area contributed by atoms with Gasteiger partial charge in [-0.15, -0.1) is 0 Å². The van der Waals surface area contributed by atoms with Gasteiger partial charge in [-0.25, -0.2) is 4.98 Å². The zero-order valence-corrected chi connectivity index (χ0v) is 13.0. The molecule has 1 saturated heterocycles. The van der Waals surface area contributed by atoms with Crippen molar-refractivity contribution < 1.29 is 9.15 Å². The number of rotatable bonds is 3. The normalized spacial score (nSPS) is 25.2. The molecule has 1 aromatic carbocycles. The van der Waals surface area contributed by atoms with E-state index in [2.05, 4.69) is 49.3 Å². The molecule has 2 aromatic rings. The minimum absolute atomic E-state index is 0.230. The Hall–Kier alpha value is -1.81. The maximum atomic E-state index is 5.79. The van der Waals surface area contributed by atoms with Crippen molar-refractivity contribution >= 4 is 5.69 Å². The highest BCUT2D eigenvalue weighted by Crippen LogP contribution is 2.28. The molecule has 1 aliphatic rings. The number of nitrogens with one attached hydrogen (secondary N) is 1. The van der Waals surface area contributed by atoms with Gasteiger partial charge in [0.1, 0.15) is 6.26 Å². The van der Waals surface area contributed by atoms with Crippen LogP contribution in [-0.4, -0.2) is 23.2 Å². The van der Waals surface area contributed by atoms with Crippen LogP contribution in [0, 0.1) is 13.8 Å². The Balaban J connectivity index is 1.84. The molecule has 0 saturated carbocycles. The van der Waals surface area contributed by atoms with Crippen molar-refractivity contribution in [1.82, 2.24) is 4.98 Å². The Morgan fingerprint density at radius 3 is 2.67 bits per heavy atom. The first-order valence-electron chi connectivity index (χ1n) is 7.48. The van der Waals surface area contributed by atoms with Crippen LogP contribution in [0.1, 0.15) is 31.5 Å². The smallest absolute Gasteiger partial charge is 0.226 e. The molecule has 1 fully saturated rings. The molecule has 4 nitrogen and oxygen atoms in total. The molecular formula is C17H22N2O2. The van der Waals surface area contributed by atoms with Gasteiger partial charge in [-0.1, -0.05) is 6.07 Å². The predicted molar refractivity (Wildman–Crippen MR) is 83.4 cm³/mol. The first-order chi connectivity index (χ1) is 10.0. The summed E-state index contributed by atoms with van der Waals surface area (Å²) in [6.45, 7) is 8.24. The van der Waals surface area contributed by atoms with Crippen LogP contribution in [0.5, 0.6) is 0 Å². The highest BCUT2D eigenvalue weighted by molar-refractivity contribution is 5.65. The second kappa shape index (κ2) is 5.53. The summed E-state index contributed by atoms with van der Waals surface area (Å²) in [7, 11) is 0. The number of nitrogens with zero attached hydrogens (tertiary/aromatic N) is 1. The summed E-state index contributed by atoms with van der Waals surface area (Å²) in [6.07, 6.45) is 3.26. The van der Waals surface area contributed by atoms with Gasteiger partial charge in [0.25, 0.3) is 0 Å². The molecule has 0 bridgehead atoms. The largest absolute Gasteiger partial charge is 0.444 e. The van der Waals surface area contributed by atoms with E-state index in [1.54, 1.807) is 6.26 Å². The monoisotopic (exact) mass is 286 g/mol. The highest BCUT2D eigenvalue weighted by atomic mass is 16.5. The van der Waals surface area contributed by atoms with Crippen LogP contribution in [0.4, 0.5) is 5.69 Å². The molecule has 0 spiro atoms. The van der Waals surface area contributed by atoms with Crippen molar-refractivity contribution in [1.29, 1.82) is 0 Å². The zero-order valence-electron chi connectivity index (χ0n) is 13.0. The summed E-state index contributed by atoms with van der Waals surface area (Å²) in [5.74, 6) is 0.678. The van der Waals surface area contributed by atoms with Crippen molar-refractivity contribution in [3.05, 3.63) is 35.7 Å². The Morgan fingerprint density at radius 2 is 2.05 bits per heavy atom. The summed E-state index contributed by atoms with van der Waals surface area (Å²) in [4.78, 5) is 4.42. The lowest BCUT2D eigenvalue weighted by Gasteiger charge is -2.18. The second-order valence-corrected chi connectivity index (χ2v) is 5.96. The third-order valence-corrected chi connectivity index (χ3v) is 4.04. The summed E-state index contributed by atoms with van der Waals surface area (Å²) in [5.41, 5.74) is 4.18. The van der Waals surface area contributed by atoms with E-state index in [1.807, 2.05) is 6.92 Å². The van der Waals surface area contributed by atoms with Gasteiger partial charge >= 0.3 is 0 Å². The minimum atomic E-state index is 0.230. The van der Waals surface area contributed by atoms with Crippen molar-refractivity contribution in [2.75, 3.05) is 5.32 Å². The van der Waals surface area contributed by atoms with Gasteiger partial charge in [0.15, 0.2) is 0 Å². The number of hydrogen-bond acceptors (Lipinski definition) is 4. The summed E-state index contributed by atoms with van der Waals surface area (Å²) in [6, 6.07) is 6.66. The first-order valence-corrected chi connectivity index (χ1v) is 7.48. The SMILES string of the molecule is Cc1coc(-c2cc(NC3CC(C)OC3C)ccc2C)n1. The molecule has 1 aromatic heterocycles. The van der Waals surface area contributed by atoms with Crippen LogP contribution >= 0.6 is 0 Å². The van der Waals surface area contributed by atoms with Gasteiger partial charge in [-0.2, -0.15) is 0 Å². The minimum Gasteiger partial charge on any atom is -0.444 e. The van der Waals surface area contributed by atoms with Crippen molar-refractivity contribution in [2.45, 2.75) is 52.4 Å². The van der Waals surface area contributed by atoms with Crippen LogP contribution in [0.25, 0.3) is 11.5 Å². The Labute approximate surface area is 125 Å². The maximum Gasteiger partial charge on any atom is 0.226 e. The molecule has 3 unspecified atom stereocenters. The van der Waals surface area contributed by atoms with Gasteiger partial charge in [-0.05, 0) is 51.8 Å². The molecule has 0 radical (unpaired) electrons. The lowest BCUT2D eigenvalue weighted by Crippen LogP contribution is -2.26. The van der Waals surface area contributed by atoms with Crippen molar-refractivity contribution in [3.8, 4) is 11.5 Å². The lowest BCUT2D eigenvalue weighted by molar-refractivity contribution is 0.0650. The molecule has 3 rings (SSSR count). The van der Waals surface area contributed by atoms with E-state index in [4.69, 9.17) is 9.15 Å².